The predicted molar refractivity (Wildman–Crippen MR) is 177 cm³/mol. The van der Waals surface area contributed by atoms with Crippen LogP contribution in [0.1, 0.15) is 25.0 Å². The summed E-state index contributed by atoms with van der Waals surface area (Å²) in [6.45, 7) is 4.76. The first-order valence-electron chi connectivity index (χ1n) is 14.5. The number of hydrogen-bond acceptors (Lipinski definition) is 2. The Morgan fingerprint density at radius 1 is 0.524 bits per heavy atom. The van der Waals surface area contributed by atoms with E-state index in [9.17, 15) is 0 Å². The van der Waals surface area contributed by atoms with Gasteiger partial charge in [0.25, 0.3) is 0 Å². The van der Waals surface area contributed by atoms with Crippen molar-refractivity contribution in [2.24, 2.45) is 0 Å². The molecule has 0 fully saturated rings. The Kier molecular flexibility index (Phi) is 4.92. The van der Waals surface area contributed by atoms with Crippen molar-refractivity contribution in [2.75, 3.05) is 4.90 Å². The molecule has 1 aromatic heterocycles. The summed E-state index contributed by atoms with van der Waals surface area (Å²) in [5.74, 6) is 0. The first kappa shape index (κ1) is 23.9. The second-order valence-electron chi connectivity index (χ2n) is 11.8. The molecule has 7 aromatic rings. The van der Waals surface area contributed by atoms with E-state index >= 15 is 0 Å². The van der Waals surface area contributed by atoms with Crippen LogP contribution in [0.5, 0.6) is 0 Å². The van der Waals surface area contributed by atoms with Crippen LogP contribution >= 0.6 is 11.8 Å². The third-order valence-corrected chi connectivity index (χ3v) is 10.2. The SMILES string of the molecule is CC1(C)c2ccccc2N2c3ccccc3Sc3cc(-c4ccc5c(c4)c4ccccc4n5-c4ccccc4)cc1c32. The number of fused-ring (bicyclic) bond motifs is 7. The Bertz CT molecular complexity index is 2210. The Labute approximate surface area is 249 Å². The smallest absolute Gasteiger partial charge is 0.0643 e. The number of anilines is 3. The van der Waals surface area contributed by atoms with Gasteiger partial charge in [0.05, 0.1) is 28.1 Å². The van der Waals surface area contributed by atoms with Crippen LogP contribution in [0.4, 0.5) is 17.1 Å². The standard InChI is InChI=1S/C39H28N2S/c1-39(2)30-15-7-9-17-34(30)41-35-18-10-11-19-36(35)42-37-24-26(23-31(39)38(37)41)25-20-21-33-29(22-25)28-14-6-8-16-32(28)40(33)27-12-4-3-5-13-27/h3-24H,1-2H3. The first-order valence-corrected chi connectivity index (χ1v) is 15.4. The van der Waals surface area contributed by atoms with E-state index in [-0.39, 0.29) is 5.41 Å². The van der Waals surface area contributed by atoms with Gasteiger partial charge < -0.3 is 9.47 Å². The number of para-hydroxylation sites is 4. The van der Waals surface area contributed by atoms with Crippen molar-refractivity contribution in [3.63, 3.8) is 0 Å². The van der Waals surface area contributed by atoms with Crippen LogP contribution in [0.25, 0.3) is 38.6 Å². The van der Waals surface area contributed by atoms with Crippen molar-refractivity contribution in [1.29, 1.82) is 0 Å². The van der Waals surface area contributed by atoms with E-state index in [0.717, 1.165) is 0 Å². The molecule has 0 bridgehead atoms. The molecule has 0 saturated carbocycles. The van der Waals surface area contributed by atoms with Gasteiger partial charge in [-0.3, -0.25) is 0 Å². The van der Waals surface area contributed by atoms with E-state index in [1.807, 2.05) is 11.8 Å². The molecule has 3 heterocycles. The van der Waals surface area contributed by atoms with Crippen molar-refractivity contribution >= 4 is 50.6 Å². The highest BCUT2D eigenvalue weighted by atomic mass is 32.2. The molecule has 0 amide bonds. The van der Waals surface area contributed by atoms with Crippen molar-refractivity contribution < 1.29 is 0 Å². The average molecular weight is 557 g/mol. The van der Waals surface area contributed by atoms with E-state index in [4.69, 9.17) is 0 Å². The van der Waals surface area contributed by atoms with E-state index in [1.165, 1.54) is 76.6 Å². The summed E-state index contributed by atoms with van der Waals surface area (Å²) in [7, 11) is 0. The molecule has 0 aliphatic carbocycles. The second kappa shape index (κ2) is 8.64. The third kappa shape index (κ3) is 3.23. The van der Waals surface area contributed by atoms with Crippen LogP contribution in [0.2, 0.25) is 0 Å². The zero-order valence-electron chi connectivity index (χ0n) is 23.5. The number of aromatic nitrogens is 1. The molecule has 0 spiro atoms. The molecular formula is C39H28N2S. The molecule has 200 valence electrons. The van der Waals surface area contributed by atoms with Crippen LogP contribution in [-0.2, 0) is 5.41 Å². The summed E-state index contributed by atoms with van der Waals surface area (Å²) in [4.78, 5) is 5.11. The molecule has 0 saturated heterocycles. The third-order valence-electron chi connectivity index (χ3n) is 9.14. The largest absolute Gasteiger partial charge is 0.309 e. The second-order valence-corrected chi connectivity index (χ2v) is 12.9. The Balaban J connectivity index is 1.30. The molecule has 2 aliphatic heterocycles. The summed E-state index contributed by atoms with van der Waals surface area (Å²) >= 11 is 1.90. The van der Waals surface area contributed by atoms with E-state index < -0.39 is 0 Å². The maximum atomic E-state index is 2.50. The molecule has 0 atom stereocenters. The van der Waals surface area contributed by atoms with Crippen LogP contribution in [-0.4, -0.2) is 4.57 Å². The fraction of sp³-hybridized carbons (Fsp3) is 0.0769. The van der Waals surface area contributed by atoms with E-state index in [1.54, 1.807) is 0 Å². The van der Waals surface area contributed by atoms with Gasteiger partial charge in [0.1, 0.15) is 0 Å². The van der Waals surface area contributed by atoms with Crippen LogP contribution in [0.15, 0.2) is 143 Å². The number of hydrogen-bond donors (Lipinski definition) is 0. The lowest BCUT2D eigenvalue weighted by atomic mass is 9.72. The molecule has 9 rings (SSSR count). The topological polar surface area (TPSA) is 8.17 Å². The normalized spacial score (nSPS) is 14.5. The van der Waals surface area contributed by atoms with Gasteiger partial charge in [-0.2, -0.15) is 0 Å². The number of nitrogens with zero attached hydrogens (tertiary/aromatic N) is 2. The molecule has 2 nitrogen and oxygen atoms in total. The van der Waals surface area contributed by atoms with Crippen LogP contribution in [0, 0.1) is 0 Å². The minimum absolute atomic E-state index is 0.131. The lowest BCUT2D eigenvalue weighted by molar-refractivity contribution is 0.629. The molecular weight excluding hydrogens is 529 g/mol. The Morgan fingerprint density at radius 2 is 1.24 bits per heavy atom. The maximum absolute atomic E-state index is 2.50. The predicted octanol–water partition coefficient (Wildman–Crippen LogP) is 11.0. The van der Waals surface area contributed by atoms with E-state index in [0.29, 0.717) is 0 Å². The lowest BCUT2D eigenvalue weighted by Gasteiger charge is -2.45. The molecule has 2 aliphatic rings. The van der Waals surface area contributed by atoms with Gasteiger partial charge in [0.2, 0.25) is 0 Å². The number of benzene rings is 6. The maximum Gasteiger partial charge on any atom is 0.0643 e. The first-order chi connectivity index (χ1) is 20.6. The quantitative estimate of drug-likeness (QED) is 0.209. The zero-order chi connectivity index (χ0) is 28.0. The van der Waals surface area contributed by atoms with Gasteiger partial charge in [-0.15, -0.1) is 0 Å². The summed E-state index contributed by atoms with van der Waals surface area (Å²) in [5.41, 5.74) is 12.7. The highest BCUT2D eigenvalue weighted by Crippen LogP contribution is 2.60. The van der Waals surface area contributed by atoms with E-state index in [2.05, 4.69) is 157 Å². The van der Waals surface area contributed by atoms with Crippen molar-refractivity contribution in [1.82, 2.24) is 4.57 Å². The fourth-order valence-electron chi connectivity index (χ4n) is 7.13. The zero-order valence-corrected chi connectivity index (χ0v) is 24.3. The summed E-state index contributed by atoms with van der Waals surface area (Å²) < 4.78 is 2.38. The van der Waals surface area contributed by atoms with Gasteiger partial charge >= 0.3 is 0 Å². The van der Waals surface area contributed by atoms with Gasteiger partial charge in [-0.1, -0.05) is 98.4 Å². The van der Waals surface area contributed by atoms with Crippen LogP contribution < -0.4 is 4.90 Å². The minimum Gasteiger partial charge on any atom is -0.309 e. The van der Waals surface area contributed by atoms with Crippen molar-refractivity contribution in [3.05, 3.63) is 145 Å². The monoisotopic (exact) mass is 556 g/mol. The summed E-state index contributed by atoms with van der Waals surface area (Å²) in [5, 5.41) is 2.56. The lowest BCUT2D eigenvalue weighted by Crippen LogP contribution is -2.32. The van der Waals surface area contributed by atoms with Crippen LogP contribution in [0.3, 0.4) is 0 Å². The molecule has 0 N–H and O–H groups in total. The van der Waals surface area contributed by atoms with Crippen molar-refractivity contribution in [3.8, 4) is 16.8 Å². The summed E-state index contributed by atoms with van der Waals surface area (Å²) in [6.07, 6.45) is 0. The van der Waals surface area contributed by atoms with Crippen molar-refractivity contribution in [2.45, 2.75) is 29.1 Å². The molecule has 6 aromatic carbocycles. The van der Waals surface area contributed by atoms with Gasteiger partial charge in [-0.25, -0.2) is 0 Å². The van der Waals surface area contributed by atoms with Gasteiger partial charge in [0.15, 0.2) is 0 Å². The van der Waals surface area contributed by atoms with Gasteiger partial charge in [-0.05, 0) is 82.9 Å². The highest BCUT2D eigenvalue weighted by Gasteiger charge is 2.41. The van der Waals surface area contributed by atoms with Gasteiger partial charge in [0, 0.05) is 31.7 Å². The molecule has 0 radical (unpaired) electrons. The molecule has 3 heteroatoms. The highest BCUT2D eigenvalue weighted by molar-refractivity contribution is 7.99. The molecule has 0 unspecified atom stereocenters. The molecule has 42 heavy (non-hydrogen) atoms. The Hall–Kier alpha value is -4.73. The minimum atomic E-state index is -0.131. The summed E-state index contributed by atoms with van der Waals surface area (Å²) in [6, 6.07) is 49.1. The number of rotatable bonds is 2. The Morgan fingerprint density at radius 3 is 2.12 bits per heavy atom. The average Bonchev–Trinajstić information content (AvgIpc) is 3.37. The fourth-order valence-corrected chi connectivity index (χ4v) is 8.26.